The van der Waals surface area contributed by atoms with Crippen molar-refractivity contribution in [2.75, 3.05) is 5.32 Å². The molecule has 0 saturated heterocycles. The standard InChI is InChI=1S/C18H23N3O/c1-13(14-8-6-5-7-9-14)20-15-10-11-19-16(12-15)17(22)21-18(2,3)4/h5-13H,1-4H3,(H,19,20)(H,21,22). The van der Waals surface area contributed by atoms with Gasteiger partial charge in [-0.2, -0.15) is 0 Å². The summed E-state index contributed by atoms with van der Waals surface area (Å²) in [5, 5.41) is 6.31. The Balaban J connectivity index is 2.10. The van der Waals surface area contributed by atoms with Crippen molar-refractivity contribution in [3.05, 3.63) is 59.9 Å². The van der Waals surface area contributed by atoms with Crippen molar-refractivity contribution in [2.45, 2.75) is 39.3 Å². The van der Waals surface area contributed by atoms with Gasteiger partial charge in [0, 0.05) is 23.5 Å². The number of nitrogens with one attached hydrogen (secondary N) is 2. The molecule has 1 aromatic heterocycles. The van der Waals surface area contributed by atoms with Gasteiger partial charge in [-0.1, -0.05) is 30.3 Å². The van der Waals surface area contributed by atoms with Crippen molar-refractivity contribution in [3.63, 3.8) is 0 Å². The molecule has 0 aliphatic rings. The smallest absolute Gasteiger partial charge is 0.270 e. The lowest BCUT2D eigenvalue weighted by Crippen LogP contribution is -2.40. The first kappa shape index (κ1) is 16.0. The molecule has 22 heavy (non-hydrogen) atoms. The number of rotatable bonds is 4. The van der Waals surface area contributed by atoms with Crippen LogP contribution >= 0.6 is 0 Å². The maximum Gasteiger partial charge on any atom is 0.270 e. The second kappa shape index (κ2) is 6.60. The average Bonchev–Trinajstić information content (AvgIpc) is 2.46. The summed E-state index contributed by atoms with van der Waals surface area (Å²) in [4.78, 5) is 16.3. The minimum atomic E-state index is -0.278. The zero-order valence-corrected chi connectivity index (χ0v) is 13.6. The van der Waals surface area contributed by atoms with E-state index in [0.29, 0.717) is 5.69 Å². The van der Waals surface area contributed by atoms with Crippen molar-refractivity contribution >= 4 is 11.6 Å². The van der Waals surface area contributed by atoms with Crippen molar-refractivity contribution < 1.29 is 4.79 Å². The molecule has 0 saturated carbocycles. The summed E-state index contributed by atoms with van der Waals surface area (Å²) >= 11 is 0. The summed E-state index contributed by atoms with van der Waals surface area (Å²) < 4.78 is 0. The van der Waals surface area contributed by atoms with Gasteiger partial charge in [0.05, 0.1) is 0 Å². The van der Waals surface area contributed by atoms with Gasteiger partial charge in [-0.05, 0) is 45.4 Å². The van der Waals surface area contributed by atoms with Crippen LogP contribution in [0.15, 0.2) is 48.7 Å². The Bertz CT molecular complexity index is 632. The highest BCUT2D eigenvalue weighted by molar-refractivity contribution is 5.93. The van der Waals surface area contributed by atoms with Gasteiger partial charge in [-0.25, -0.2) is 0 Å². The third-order valence-corrected chi connectivity index (χ3v) is 3.16. The molecule has 0 bridgehead atoms. The summed E-state index contributed by atoms with van der Waals surface area (Å²) in [6.07, 6.45) is 1.65. The number of anilines is 1. The molecule has 1 unspecified atom stereocenters. The summed E-state index contributed by atoms with van der Waals surface area (Å²) in [6.45, 7) is 7.93. The number of benzene rings is 1. The normalized spacial score (nSPS) is 12.5. The van der Waals surface area contributed by atoms with Gasteiger partial charge in [0.25, 0.3) is 5.91 Å². The maximum absolute atomic E-state index is 12.2. The Hall–Kier alpha value is -2.36. The molecule has 0 fully saturated rings. The van der Waals surface area contributed by atoms with Crippen LogP contribution in [0, 0.1) is 0 Å². The molecule has 2 N–H and O–H groups in total. The molecular formula is C18H23N3O. The molecule has 0 aliphatic heterocycles. The number of carbonyl (C=O) groups excluding carboxylic acids is 1. The molecule has 116 valence electrons. The topological polar surface area (TPSA) is 54.0 Å². The van der Waals surface area contributed by atoms with E-state index in [2.05, 4.69) is 34.7 Å². The molecule has 4 nitrogen and oxygen atoms in total. The van der Waals surface area contributed by atoms with Crippen LogP contribution in [-0.4, -0.2) is 16.4 Å². The highest BCUT2D eigenvalue weighted by Gasteiger charge is 2.16. The summed E-state index contributed by atoms with van der Waals surface area (Å²) in [5.74, 6) is -0.163. The molecule has 1 heterocycles. The van der Waals surface area contributed by atoms with Gasteiger partial charge < -0.3 is 10.6 Å². The average molecular weight is 297 g/mol. The van der Waals surface area contributed by atoms with Crippen LogP contribution in [0.1, 0.15) is 49.8 Å². The fourth-order valence-electron chi connectivity index (χ4n) is 2.12. The summed E-state index contributed by atoms with van der Waals surface area (Å²) in [5.41, 5.74) is 2.21. The highest BCUT2D eigenvalue weighted by Crippen LogP contribution is 2.19. The van der Waals surface area contributed by atoms with E-state index in [1.54, 1.807) is 12.3 Å². The van der Waals surface area contributed by atoms with Crippen molar-refractivity contribution in [3.8, 4) is 0 Å². The number of aromatic nitrogens is 1. The molecule has 2 aromatic rings. The quantitative estimate of drug-likeness (QED) is 0.903. The van der Waals surface area contributed by atoms with Gasteiger partial charge in [-0.15, -0.1) is 0 Å². The Morgan fingerprint density at radius 1 is 1.14 bits per heavy atom. The third-order valence-electron chi connectivity index (χ3n) is 3.16. The first-order valence-electron chi connectivity index (χ1n) is 7.45. The van der Waals surface area contributed by atoms with Crippen molar-refractivity contribution in [2.24, 2.45) is 0 Å². The Labute approximate surface area is 132 Å². The fourth-order valence-corrected chi connectivity index (χ4v) is 2.12. The molecule has 1 aromatic carbocycles. The predicted octanol–water partition coefficient (Wildman–Crippen LogP) is 3.78. The van der Waals surface area contributed by atoms with E-state index in [0.717, 1.165) is 5.69 Å². The van der Waals surface area contributed by atoms with E-state index in [4.69, 9.17) is 0 Å². The van der Waals surface area contributed by atoms with Gasteiger partial charge in [0.15, 0.2) is 0 Å². The van der Waals surface area contributed by atoms with E-state index in [-0.39, 0.29) is 17.5 Å². The molecule has 2 rings (SSSR count). The van der Waals surface area contributed by atoms with Crippen LogP contribution < -0.4 is 10.6 Å². The number of hydrogen-bond acceptors (Lipinski definition) is 3. The van der Waals surface area contributed by atoms with E-state index in [9.17, 15) is 4.79 Å². The van der Waals surface area contributed by atoms with Crippen LogP contribution in [0.3, 0.4) is 0 Å². The monoisotopic (exact) mass is 297 g/mol. The van der Waals surface area contributed by atoms with E-state index in [1.807, 2.05) is 45.0 Å². The third kappa shape index (κ3) is 4.58. The van der Waals surface area contributed by atoms with Gasteiger partial charge in [0.1, 0.15) is 5.69 Å². The first-order chi connectivity index (χ1) is 10.3. The van der Waals surface area contributed by atoms with Crippen LogP contribution in [0.25, 0.3) is 0 Å². The van der Waals surface area contributed by atoms with Crippen molar-refractivity contribution in [1.29, 1.82) is 0 Å². The number of nitrogens with zero attached hydrogens (tertiary/aromatic N) is 1. The Kier molecular flexibility index (Phi) is 4.81. The number of pyridine rings is 1. The second-order valence-corrected chi connectivity index (χ2v) is 6.41. The highest BCUT2D eigenvalue weighted by atomic mass is 16.2. The zero-order chi connectivity index (χ0) is 16.2. The summed E-state index contributed by atoms with van der Waals surface area (Å²) in [6, 6.07) is 14.0. The first-order valence-corrected chi connectivity index (χ1v) is 7.45. The SMILES string of the molecule is CC(Nc1ccnc(C(=O)NC(C)(C)C)c1)c1ccccc1. The molecule has 4 heteroatoms. The lowest BCUT2D eigenvalue weighted by molar-refractivity contribution is 0.0914. The fraction of sp³-hybridized carbons (Fsp3) is 0.333. The van der Waals surface area contributed by atoms with Gasteiger partial charge in [-0.3, -0.25) is 9.78 Å². The minimum absolute atomic E-state index is 0.155. The van der Waals surface area contributed by atoms with Crippen molar-refractivity contribution in [1.82, 2.24) is 10.3 Å². The van der Waals surface area contributed by atoms with Crippen LogP contribution in [-0.2, 0) is 0 Å². The number of carbonyl (C=O) groups is 1. The Morgan fingerprint density at radius 3 is 2.45 bits per heavy atom. The second-order valence-electron chi connectivity index (χ2n) is 6.41. The van der Waals surface area contributed by atoms with Crippen LogP contribution in [0.5, 0.6) is 0 Å². The lowest BCUT2D eigenvalue weighted by atomic mass is 10.1. The molecule has 0 aliphatic carbocycles. The molecule has 1 amide bonds. The lowest BCUT2D eigenvalue weighted by Gasteiger charge is -2.20. The minimum Gasteiger partial charge on any atom is -0.378 e. The summed E-state index contributed by atoms with van der Waals surface area (Å²) in [7, 11) is 0. The van der Waals surface area contributed by atoms with Crippen LogP contribution in [0.4, 0.5) is 5.69 Å². The van der Waals surface area contributed by atoms with E-state index < -0.39 is 0 Å². The predicted molar refractivity (Wildman–Crippen MR) is 89.9 cm³/mol. The van der Waals surface area contributed by atoms with E-state index in [1.165, 1.54) is 5.56 Å². The molecular weight excluding hydrogens is 274 g/mol. The largest absolute Gasteiger partial charge is 0.378 e. The Morgan fingerprint density at radius 2 is 1.82 bits per heavy atom. The number of hydrogen-bond donors (Lipinski definition) is 2. The van der Waals surface area contributed by atoms with Gasteiger partial charge >= 0.3 is 0 Å². The van der Waals surface area contributed by atoms with Gasteiger partial charge in [0.2, 0.25) is 0 Å². The molecule has 0 spiro atoms. The van der Waals surface area contributed by atoms with Crippen LogP contribution in [0.2, 0.25) is 0 Å². The molecule has 0 radical (unpaired) electrons. The van der Waals surface area contributed by atoms with E-state index >= 15 is 0 Å². The maximum atomic E-state index is 12.2. The zero-order valence-electron chi connectivity index (χ0n) is 13.6. The number of amides is 1. The molecule has 1 atom stereocenters.